The van der Waals surface area contributed by atoms with Crippen molar-refractivity contribution in [2.75, 3.05) is 13.7 Å². The maximum atomic E-state index is 13.5. The van der Waals surface area contributed by atoms with Crippen molar-refractivity contribution >= 4 is 27.4 Å². The third kappa shape index (κ3) is 4.59. The van der Waals surface area contributed by atoms with Gasteiger partial charge in [0.2, 0.25) is 0 Å². The summed E-state index contributed by atoms with van der Waals surface area (Å²) in [6, 6.07) is 16.1. The first-order chi connectivity index (χ1) is 15.6. The molecule has 0 aliphatic heterocycles. The number of pyridine rings is 1. The highest BCUT2D eigenvalue weighted by Gasteiger charge is 2.24. The molecule has 164 valence electrons. The lowest BCUT2D eigenvalue weighted by atomic mass is 9.99. The fraction of sp³-hybridized carbons (Fsp3) is 0.240. The van der Waals surface area contributed by atoms with Crippen LogP contribution in [0.5, 0.6) is 0 Å². The molecule has 3 heterocycles. The van der Waals surface area contributed by atoms with Crippen molar-refractivity contribution in [3.8, 4) is 11.1 Å². The topological polar surface area (TPSA) is 68.5 Å². The lowest BCUT2D eigenvalue weighted by Gasteiger charge is -2.17. The molecule has 0 saturated heterocycles. The summed E-state index contributed by atoms with van der Waals surface area (Å²) in [6.07, 6.45) is 5.08. The van der Waals surface area contributed by atoms with Crippen LogP contribution in [0.4, 0.5) is 0 Å². The first kappa shape index (κ1) is 22.2. The molecular formula is C25H25BrN4O2. The Kier molecular flexibility index (Phi) is 6.97. The summed E-state index contributed by atoms with van der Waals surface area (Å²) in [7, 11) is 1.61. The second-order valence-corrected chi connectivity index (χ2v) is 8.40. The van der Waals surface area contributed by atoms with E-state index in [2.05, 4.69) is 45.3 Å². The number of carbonyl (C=O) groups is 1. The van der Waals surface area contributed by atoms with Gasteiger partial charge >= 0.3 is 0 Å². The molecule has 0 spiro atoms. The van der Waals surface area contributed by atoms with Gasteiger partial charge in [-0.3, -0.25) is 9.78 Å². The van der Waals surface area contributed by atoms with Gasteiger partial charge in [-0.2, -0.15) is 5.10 Å². The van der Waals surface area contributed by atoms with Gasteiger partial charge in [0.1, 0.15) is 5.69 Å². The molecule has 3 aromatic heterocycles. The summed E-state index contributed by atoms with van der Waals surface area (Å²) in [4.78, 5) is 17.8. The molecule has 1 N–H and O–H groups in total. The van der Waals surface area contributed by atoms with Crippen molar-refractivity contribution < 1.29 is 9.53 Å². The van der Waals surface area contributed by atoms with E-state index in [1.165, 1.54) is 5.56 Å². The molecule has 1 aromatic carbocycles. The third-order valence-corrected chi connectivity index (χ3v) is 5.79. The van der Waals surface area contributed by atoms with Crippen LogP contribution in [0.2, 0.25) is 0 Å². The minimum Gasteiger partial charge on any atom is -0.378 e. The number of fused-ring (bicyclic) bond motifs is 1. The van der Waals surface area contributed by atoms with E-state index in [4.69, 9.17) is 9.84 Å². The smallest absolute Gasteiger partial charge is 0.254 e. The number of rotatable bonds is 8. The Hall–Kier alpha value is -3.03. The van der Waals surface area contributed by atoms with Crippen LogP contribution in [0.1, 0.15) is 34.2 Å². The van der Waals surface area contributed by atoms with E-state index in [1.54, 1.807) is 19.5 Å². The number of carbonyl (C=O) groups excluding carboxylic acids is 1. The molecule has 0 aliphatic rings. The highest BCUT2D eigenvalue weighted by Crippen LogP contribution is 2.32. The van der Waals surface area contributed by atoms with Crippen LogP contribution in [0.3, 0.4) is 0 Å². The van der Waals surface area contributed by atoms with Crippen molar-refractivity contribution in [1.29, 1.82) is 0 Å². The van der Waals surface area contributed by atoms with Crippen molar-refractivity contribution in [3.05, 3.63) is 87.9 Å². The SMILES string of the molecule is CCc1ccc2c(-c3cncc(Br)c3)c(C(=O)NCCc3ccccc3)c(COC)nn12. The Morgan fingerprint density at radius 1 is 1.16 bits per heavy atom. The Morgan fingerprint density at radius 2 is 1.97 bits per heavy atom. The average molecular weight is 493 g/mol. The number of nitrogens with zero attached hydrogens (tertiary/aromatic N) is 3. The molecule has 4 rings (SSSR count). The lowest BCUT2D eigenvalue weighted by Crippen LogP contribution is -2.28. The quantitative estimate of drug-likeness (QED) is 0.382. The number of amides is 1. The monoisotopic (exact) mass is 492 g/mol. The lowest BCUT2D eigenvalue weighted by molar-refractivity contribution is 0.0948. The van der Waals surface area contributed by atoms with E-state index in [9.17, 15) is 4.79 Å². The van der Waals surface area contributed by atoms with Gasteiger partial charge in [0.05, 0.1) is 17.7 Å². The molecule has 0 unspecified atom stereocenters. The third-order valence-electron chi connectivity index (χ3n) is 5.36. The van der Waals surface area contributed by atoms with E-state index < -0.39 is 0 Å². The van der Waals surface area contributed by atoms with E-state index in [0.29, 0.717) is 17.8 Å². The van der Waals surface area contributed by atoms with E-state index in [0.717, 1.165) is 39.7 Å². The maximum Gasteiger partial charge on any atom is 0.254 e. The number of ether oxygens (including phenoxy) is 1. The summed E-state index contributed by atoms with van der Waals surface area (Å²) in [6.45, 7) is 2.84. The van der Waals surface area contributed by atoms with Gasteiger partial charge in [-0.25, -0.2) is 4.52 Å². The number of aryl methyl sites for hydroxylation is 1. The van der Waals surface area contributed by atoms with Gasteiger partial charge < -0.3 is 10.1 Å². The van der Waals surface area contributed by atoms with Gasteiger partial charge in [-0.05, 0) is 52.5 Å². The predicted molar refractivity (Wildman–Crippen MR) is 129 cm³/mol. The summed E-state index contributed by atoms with van der Waals surface area (Å²) in [5.74, 6) is -0.169. The van der Waals surface area contributed by atoms with E-state index >= 15 is 0 Å². The van der Waals surface area contributed by atoms with Gasteiger partial charge in [-0.1, -0.05) is 37.3 Å². The second kappa shape index (κ2) is 10.1. The Morgan fingerprint density at radius 3 is 2.69 bits per heavy atom. The maximum absolute atomic E-state index is 13.5. The molecule has 0 radical (unpaired) electrons. The number of hydrogen-bond donors (Lipinski definition) is 1. The summed E-state index contributed by atoms with van der Waals surface area (Å²) in [5, 5.41) is 7.87. The van der Waals surface area contributed by atoms with Gasteiger partial charge in [-0.15, -0.1) is 0 Å². The van der Waals surface area contributed by atoms with Crippen molar-refractivity contribution in [2.45, 2.75) is 26.4 Å². The number of nitrogens with one attached hydrogen (secondary N) is 1. The molecule has 0 bridgehead atoms. The number of halogens is 1. The number of aromatic nitrogens is 3. The fourth-order valence-electron chi connectivity index (χ4n) is 3.87. The van der Waals surface area contributed by atoms with Crippen LogP contribution >= 0.6 is 15.9 Å². The van der Waals surface area contributed by atoms with Crippen LogP contribution in [0.15, 0.2) is 65.4 Å². The molecular weight excluding hydrogens is 468 g/mol. The number of methoxy groups -OCH3 is 1. The normalized spacial score (nSPS) is 11.1. The highest BCUT2D eigenvalue weighted by molar-refractivity contribution is 9.10. The van der Waals surface area contributed by atoms with Crippen LogP contribution in [-0.2, 0) is 24.2 Å². The van der Waals surface area contributed by atoms with Gasteiger partial charge in [0, 0.05) is 47.3 Å². The molecule has 0 aliphatic carbocycles. The van der Waals surface area contributed by atoms with Gasteiger partial charge in [0.25, 0.3) is 5.91 Å². The van der Waals surface area contributed by atoms with Gasteiger partial charge in [0.15, 0.2) is 0 Å². The average Bonchev–Trinajstić information content (AvgIpc) is 3.21. The Labute approximate surface area is 195 Å². The van der Waals surface area contributed by atoms with Crippen LogP contribution in [0.25, 0.3) is 16.6 Å². The first-order valence-electron chi connectivity index (χ1n) is 10.6. The Bertz CT molecular complexity index is 1240. The molecule has 1 amide bonds. The molecule has 0 atom stereocenters. The number of benzene rings is 1. The molecule has 0 saturated carbocycles. The van der Waals surface area contributed by atoms with Crippen LogP contribution in [-0.4, -0.2) is 34.2 Å². The summed E-state index contributed by atoms with van der Waals surface area (Å²) < 4.78 is 8.18. The number of hydrogen-bond acceptors (Lipinski definition) is 4. The zero-order valence-electron chi connectivity index (χ0n) is 18.1. The fourth-order valence-corrected chi connectivity index (χ4v) is 4.23. The second-order valence-electron chi connectivity index (χ2n) is 7.49. The van der Waals surface area contributed by atoms with E-state index in [-0.39, 0.29) is 12.5 Å². The van der Waals surface area contributed by atoms with Crippen molar-refractivity contribution in [1.82, 2.24) is 19.9 Å². The van der Waals surface area contributed by atoms with E-state index in [1.807, 2.05) is 40.9 Å². The molecule has 4 aromatic rings. The minimum atomic E-state index is -0.169. The van der Waals surface area contributed by atoms with Crippen molar-refractivity contribution in [3.63, 3.8) is 0 Å². The largest absolute Gasteiger partial charge is 0.378 e. The highest BCUT2D eigenvalue weighted by atomic mass is 79.9. The van der Waals surface area contributed by atoms with Crippen molar-refractivity contribution in [2.24, 2.45) is 0 Å². The zero-order chi connectivity index (χ0) is 22.5. The van der Waals surface area contributed by atoms with Crippen LogP contribution < -0.4 is 5.32 Å². The Balaban J connectivity index is 1.80. The predicted octanol–water partition coefficient (Wildman–Crippen LogP) is 4.84. The summed E-state index contributed by atoms with van der Waals surface area (Å²) in [5.41, 5.74) is 5.88. The van der Waals surface area contributed by atoms with Crippen LogP contribution in [0, 0.1) is 0 Å². The molecule has 0 fully saturated rings. The molecule has 6 nitrogen and oxygen atoms in total. The molecule has 32 heavy (non-hydrogen) atoms. The zero-order valence-corrected chi connectivity index (χ0v) is 19.7. The molecule has 7 heteroatoms. The standard InChI is InChI=1S/C25H25BrN4O2/c1-3-20-9-10-22-23(18-13-19(26)15-27-14-18)24(21(16-32-2)29-30(20)22)25(31)28-12-11-17-7-5-4-6-8-17/h4-10,13-15H,3,11-12,16H2,1-2H3,(H,28,31). The summed E-state index contributed by atoms with van der Waals surface area (Å²) >= 11 is 3.51. The first-order valence-corrected chi connectivity index (χ1v) is 11.4. The minimum absolute atomic E-state index is 0.169.